The molecule has 0 fully saturated rings. The van der Waals surface area contributed by atoms with E-state index in [1.807, 2.05) is 0 Å². The maximum atomic E-state index is 12.1. The van der Waals surface area contributed by atoms with E-state index in [0.29, 0.717) is 0 Å². The minimum absolute atomic E-state index is 0.201. The van der Waals surface area contributed by atoms with E-state index < -0.39 is 29.4 Å². The largest absolute Gasteiger partial charge is 0.458 e. The van der Waals surface area contributed by atoms with Gasteiger partial charge in [0.15, 0.2) is 0 Å². The number of nitrogens with zero attached hydrogens (tertiary/aromatic N) is 1. The van der Waals surface area contributed by atoms with Gasteiger partial charge in [-0.1, -0.05) is 13.8 Å². The van der Waals surface area contributed by atoms with Crippen LogP contribution in [0.4, 0.5) is 0 Å². The van der Waals surface area contributed by atoms with E-state index >= 15 is 0 Å². The SMILES string of the molecule is CC(C)[C@@H](C(=O)OC(C)(C)C)N1C(=O)C=CC1=O. The molecule has 0 aromatic carbocycles. The van der Waals surface area contributed by atoms with Crippen LogP contribution in [-0.4, -0.2) is 34.3 Å². The average molecular weight is 253 g/mol. The highest BCUT2D eigenvalue weighted by atomic mass is 16.6. The van der Waals surface area contributed by atoms with Gasteiger partial charge in [0, 0.05) is 12.2 Å². The lowest BCUT2D eigenvalue weighted by Crippen LogP contribution is -2.50. The predicted molar refractivity (Wildman–Crippen MR) is 65.5 cm³/mol. The van der Waals surface area contributed by atoms with Crippen LogP contribution in [0.25, 0.3) is 0 Å². The number of ether oxygens (including phenoxy) is 1. The number of hydrogen-bond acceptors (Lipinski definition) is 4. The van der Waals surface area contributed by atoms with Gasteiger partial charge in [-0.15, -0.1) is 0 Å². The molecule has 0 spiro atoms. The lowest BCUT2D eigenvalue weighted by molar-refractivity contribution is -0.168. The summed E-state index contributed by atoms with van der Waals surface area (Å²) in [6, 6.07) is -0.876. The average Bonchev–Trinajstić information content (AvgIpc) is 2.46. The third-order valence-corrected chi connectivity index (χ3v) is 2.40. The van der Waals surface area contributed by atoms with Gasteiger partial charge >= 0.3 is 5.97 Å². The summed E-state index contributed by atoms with van der Waals surface area (Å²) < 4.78 is 5.26. The number of hydrogen-bond donors (Lipinski definition) is 0. The molecule has 1 aliphatic heterocycles. The molecule has 1 heterocycles. The highest BCUT2D eigenvalue weighted by Gasteiger charge is 2.40. The van der Waals surface area contributed by atoms with Crippen LogP contribution in [-0.2, 0) is 19.1 Å². The quantitative estimate of drug-likeness (QED) is 0.561. The molecule has 0 aromatic heterocycles. The van der Waals surface area contributed by atoms with Crippen molar-refractivity contribution in [1.82, 2.24) is 4.90 Å². The maximum absolute atomic E-state index is 12.1. The van der Waals surface area contributed by atoms with Gasteiger partial charge in [-0.2, -0.15) is 0 Å². The molecule has 0 unspecified atom stereocenters. The van der Waals surface area contributed by atoms with E-state index in [-0.39, 0.29) is 5.92 Å². The number of rotatable bonds is 3. The lowest BCUT2D eigenvalue weighted by Gasteiger charge is -2.30. The molecular weight excluding hydrogens is 234 g/mol. The van der Waals surface area contributed by atoms with E-state index in [2.05, 4.69) is 0 Å². The van der Waals surface area contributed by atoms with E-state index in [1.165, 1.54) is 12.2 Å². The molecule has 0 saturated heterocycles. The zero-order valence-corrected chi connectivity index (χ0v) is 11.4. The Morgan fingerprint density at radius 3 is 1.94 bits per heavy atom. The van der Waals surface area contributed by atoms with Crippen molar-refractivity contribution in [2.45, 2.75) is 46.3 Å². The number of amides is 2. The maximum Gasteiger partial charge on any atom is 0.330 e. The minimum atomic E-state index is -0.876. The Morgan fingerprint density at radius 2 is 1.61 bits per heavy atom. The predicted octanol–water partition coefficient (Wildman–Crippen LogP) is 1.28. The normalized spacial score (nSPS) is 17.6. The van der Waals surface area contributed by atoms with Crippen molar-refractivity contribution in [3.8, 4) is 0 Å². The Labute approximate surface area is 107 Å². The first-order valence-corrected chi connectivity index (χ1v) is 5.91. The molecule has 18 heavy (non-hydrogen) atoms. The molecule has 100 valence electrons. The fourth-order valence-corrected chi connectivity index (χ4v) is 1.72. The van der Waals surface area contributed by atoms with Gasteiger partial charge in [0.1, 0.15) is 11.6 Å². The second kappa shape index (κ2) is 4.92. The molecule has 1 aliphatic rings. The topological polar surface area (TPSA) is 63.7 Å². The van der Waals surface area contributed by atoms with E-state index in [9.17, 15) is 14.4 Å². The van der Waals surface area contributed by atoms with Crippen LogP contribution in [0.5, 0.6) is 0 Å². The van der Waals surface area contributed by atoms with Crippen molar-refractivity contribution in [1.29, 1.82) is 0 Å². The summed E-state index contributed by atoms with van der Waals surface area (Å²) >= 11 is 0. The molecule has 0 saturated carbocycles. The summed E-state index contributed by atoms with van der Waals surface area (Å²) in [5.41, 5.74) is -0.649. The summed E-state index contributed by atoms with van der Waals surface area (Å²) in [4.78, 5) is 36.3. The van der Waals surface area contributed by atoms with Crippen LogP contribution in [0.3, 0.4) is 0 Å². The van der Waals surface area contributed by atoms with Gasteiger partial charge in [0.25, 0.3) is 11.8 Å². The lowest BCUT2D eigenvalue weighted by atomic mass is 10.0. The first kappa shape index (κ1) is 14.4. The fourth-order valence-electron chi connectivity index (χ4n) is 1.72. The standard InChI is InChI=1S/C13H19NO4/c1-8(2)11(12(17)18-13(3,4)5)14-9(15)6-7-10(14)16/h6-8,11H,1-5H3/t11-/m0/s1. The van der Waals surface area contributed by atoms with Crippen LogP contribution in [0.1, 0.15) is 34.6 Å². The highest BCUT2D eigenvalue weighted by Crippen LogP contribution is 2.20. The van der Waals surface area contributed by atoms with Gasteiger partial charge in [-0.05, 0) is 26.7 Å². The molecule has 0 bridgehead atoms. The smallest absolute Gasteiger partial charge is 0.330 e. The molecule has 1 atom stereocenters. The summed E-state index contributed by atoms with van der Waals surface area (Å²) in [6.45, 7) is 8.78. The zero-order valence-electron chi connectivity index (χ0n) is 11.4. The Bertz CT molecular complexity index is 386. The van der Waals surface area contributed by atoms with Gasteiger partial charge in [0.2, 0.25) is 0 Å². The Balaban J connectivity index is 2.94. The highest BCUT2D eigenvalue weighted by molar-refractivity contribution is 6.14. The monoisotopic (exact) mass is 253 g/mol. The summed E-state index contributed by atoms with van der Waals surface area (Å²) in [6.07, 6.45) is 2.34. The first-order chi connectivity index (χ1) is 8.13. The van der Waals surface area contributed by atoms with Gasteiger partial charge in [-0.25, -0.2) is 4.79 Å². The van der Waals surface area contributed by atoms with Gasteiger partial charge < -0.3 is 4.74 Å². The van der Waals surface area contributed by atoms with Gasteiger partial charge in [0.05, 0.1) is 0 Å². The molecule has 5 nitrogen and oxygen atoms in total. The number of imide groups is 1. The van der Waals surface area contributed by atoms with Crippen molar-refractivity contribution in [2.75, 3.05) is 0 Å². The molecule has 0 N–H and O–H groups in total. The Hall–Kier alpha value is -1.65. The molecule has 2 amide bonds. The third kappa shape index (κ3) is 3.18. The number of esters is 1. The third-order valence-electron chi connectivity index (χ3n) is 2.40. The minimum Gasteiger partial charge on any atom is -0.458 e. The molecule has 0 aromatic rings. The van der Waals surface area contributed by atoms with Crippen LogP contribution < -0.4 is 0 Å². The van der Waals surface area contributed by atoms with Crippen molar-refractivity contribution < 1.29 is 19.1 Å². The van der Waals surface area contributed by atoms with Crippen LogP contribution in [0, 0.1) is 5.92 Å². The molecule has 0 aliphatic carbocycles. The van der Waals surface area contributed by atoms with Crippen molar-refractivity contribution >= 4 is 17.8 Å². The van der Waals surface area contributed by atoms with Gasteiger partial charge in [-0.3, -0.25) is 14.5 Å². The van der Waals surface area contributed by atoms with Crippen molar-refractivity contribution in [2.24, 2.45) is 5.92 Å². The van der Waals surface area contributed by atoms with E-state index in [1.54, 1.807) is 34.6 Å². The molecule has 5 heteroatoms. The summed E-state index contributed by atoms with van der Waals surface area (Å²) in [5, 5.41) is 0. The number of carbonyl (C=O) groups is 3. The van der Waals surface area contributed by atoms with Crippen LogP contribution >= 0.6 is 0 Å². The fraction of sp³-hybridized carbons (Fsp3) is 0.615. The van der Waals surface area contributed by atoms with Crippen molar-refractivity contribution in [3.05, 3.63) is 12.2 Å². The zero-order chi connectivity index (χ0) is 14.1. The van der Waals surface area contributed by atoms with E-state index in [0.717, 1.165) is 4.90 Å². The van der Waals surface area contributed by atoms with E-state index in [4.69, 9.17) is 4.74 Å². The second-order valence-electron chi connectivity index (χ2n) is 5.60. The first-order valence-electron chi connectivity index (χ1n) is 5.91. The number of carbonyl (C=O) groups excluding carboxylic acids is 3. The Kier molecular flexibility index (Phi) is 3.94. The summed E-state index contributed by atoms with van der Waals surface area (Å²) in [7, 11) is 0. The van der Waals surface area contributed by atoms with Crippen LogP contribution in [0.15, 0.2) is 12.2 Å². The van der Waals surface area contributed by atoms with Crippen LogP contribution in [0.2, 0.25) is 0 Å². The second-order valence-corrected chi connectivity index (χ2v) is 5.60. The molecule has 0 radical (unpaired) electrons. The Morgan fingerprint density at radius 1 is 1.17 bits per heavy atom. The summed E-state index contributed by atoms with van der Waals surface area (Å²) in [5.74, 6) is -1.69. The molecular formula is C13H19NO4. The molecule has 1 rings (SSSR count). The van der Waals surface area contributed by atoms with Crippen molar-refractivity contribution in [3.63, 3.8) is 0 Å².